The number of nitrogen functional groups attached to an aromatic ring is 2. The largest absolute Gasteiger partial charge is 0.491 e. The molecule has 0 radical (unpaired) electrons. The molecule has 15 heteroatoms. The molecule has 0 aliphatic carbocycles. The molecule has 51 heavy (non-hydrogen) atoms. The summed E-state index contributed by atoms with van der Waals surface area (Å²) < 4.78 is 71.4. The average molecular weight is 729 g/mol. The lowest BCUT2D eigenvalue weighted by Crippen LogP contribution is -2.15. The number of ether oxygens (including phenoxy) is 13. The predicted molar refractivity (Wildman–Crippen MR) is 192 cm³/mol. The van der Waals surface area contributed by atoms with E-state index in [0.29, 0.717) is 176 Å². The van der Waals surface area contributed by atoms with Gasteiger partial charge >= 0.3 is 0 Å². The van der Waals surface area contributed by atoms with Gasteiger partial charge in [-0.1, -0.05) is 12.1 Å². The lowest BCUT2D eigenvalue weighted by molar-refractivity contribution is -0.0279. The Morgan fingerprint density at radius 1 is 0.294 bits per heavy atom. The fraction of sp³-hybridized carbons (Fsp3) is 0.667. The molecule has 2 aromatic rings. The third-order valence-electron chi connectivity index (χ3n) is 6.50. The van der Waals surface area contributed by atoms with Crippen molar-refractivity contribution in [2.45, 2.75) is 0 Å². The van der Waals surface area contributed by atoms with Crippen molar-refractivity contribution in [2.24, 2.45) is 0 Å². The van der Waals surface area contributed by atoms with Gasteiger partial charge in [0, 0.05) is 5.69 Å². The van der Waals surface area contributed by atoms with Gasteiger partial charge in [-0.3, -0.25) is 0 Å². The van der Waals surface area contributed by atoms with E-state index in [1.165, 1.54) is 0 Å². The normalized spacial score (nSPS) is 11.3. The molecule has 0 aliphatic rings. The molecule has 292 valence electrons. The van der Waals surface area contributed by atoms with Gasteiger partial charge in [-0.15, -0.1) is 0 Å². The van der Waals surface area contributed by atoms with Crippen LogP contribution in [0.4, 0.5) is 11.4 Å². The summed E-state index contributed by atoms with van der Waals surface area (Å²) in [5.74, 6) is 1.44. The molecule has 0 atom stereocenters. The molecular formula is C36H60N2O13. The molecule has 4 N–H and O–H groups in total. The second-order valence-corrected chi connectivity index (χ2v) is 10.5. The van der Waals surface area contributed by atoms with Crippen LogP contribution in [0.1, 0.15) is 0 Å². The van der Waals surface area contributed by atoms with E-state index in [-0.39, 0.29) is 0 Å². The van der Waals surface area contributed by atoms with Crippen molar-refractivity contribution >= 4 is 11.4 Å². The highest BCUT2D eigenvalue weighted by atomic mass is 16.6. The first-order chi connectivity index (χ1) is 25.3. The maximum absolute atomic E-state index is 5.82. The van der Waals surface area contributed by atoms with Gasteiger partial charge in [0.25, 0.3) is 0 Å². The highest BCUT2D eigenvalue weighted by molar-refractivity contribution is 5.51. The van der Waals surface area contributed by atoms with Crippen molar-refractivity contribution < 1.29 is 61.6 Å². The predicted octanol–water partition coefficient (Wildman–Crippen LogP) is 2.49. The van der Waals surface area contributed by atoms with Crippen LogP contribution in [0.3, 0.4) is 0 Å². The minimum atomic E-state index is 0.435. The highest BCUT2D eigenvalue weighted by Gasteiger charge is 1.99. The van der Waals surface area contributed by atoms with Crippen molar-refractivity contribution in [1.29, 1.82) is 0 Å². The van der Waals surface area contributed by atoms with Crippen LogP contribution in [-0.2, 0) is 52.1 Å². The summed E-state index contributed by atoms with van der Waals surface area (Å²) >= 11 is 0. The molecule has 2 rings (SSSR count). The van der Waals surface area contributed by atoms with Crippen LogP contribution in [0, 0.1) is 0 Å². The van der Waals surface area contributed by atoms with Crippen LogP contribution >= 0.6 is 0 Å². The quantitative estimate of drug-likeness (QED) is 0.0763. The molecule has 0 spiro atoms. The van der Waals surface area contributed by atoms with Gasteiger partial charge in [0.2, 0.25) is 0 Å². The van der Waals surface area contributed by atoms with Gasteiger partial charge < -0.3 is 73.0 Å². The van der Waals surface area contributed by atoms with Gasteiger partial charge in [0.15, 0.2) is 0 Å². The van der Waals surface area contributed by atoms with Crippen LogP contribution < -0.4 is 20.9 Å². The Hall–Kier alpha value is -2.80. The fourth-order valence-electron chi connectivity index (χ4n) is 3.91. The van der Waals surface area contributed by atoms with Crippen molar-refractivity contribution in [3.63, 3.8) is 0 Å². The topological polar surface area (TPSA) is 172 Å². The molecule has 0 fully saturated rings. The van der Waals surface area contributed by atoms with Gasteiger partial charge in [0.05, 0.1) is 151 Å². The summed E-state index contributed by atoms with van der Waals surface area (Å²) in [5, 5.41) is 0. The Morgan fingerprint density at radius 2 is 0.569 bits per heavy atom. The van der Waals surface area contributed by atoms with E-state index in [1.54, 1.807) is 18.2 Å². The monoisotopic (exact) mass is 728 g/mol. The molecule has 15 nitrogen and oxygen atoms in total. The molecule has 0 aliphatic heterocycles. The van der Waals surface area contributed by atoms with E-state index in [9.17, 15) is 0 Å². The molecule has 0 amide bonds. The van der Waals surface area contributed by atoms with Crippen LogP contribution in [-0.4, -0.2) is 159 Å². The summed E-state index contributed by atoms with van der Waals surface area (Å²) in [6.45, 7) is 11.9. The second-order valence-electron chi connectivity index (χ2n) is 10.5. The third-order valence-corrected chi connectivity index (χ3v) is 6.50. The summed E-state index contributed by atoms with van der Waals surface area (Å²) in [4.78, 5) is 0. The van der Waals surface area contributed by atoms with Gasteiger partial charge in [0.1, 0.15) is 24.7 Å². The smallest absolute Gasteiger partial charge is 0.142 e. The van der Waals surface area contributed by atoms with Crippen molar-refractivity contribution in [2.75, 3.05) is 170 Å². The van der Waals surface area contributed by atoms with Crippen LogP contribution in [0.5, 0.6) is 11.5 Å². The molecule has 2 aromatic carbocycles. The molecule has 0 bridgehead atoms. The van der Waals surface area contributed by atoms with Gasteiger partial charge in [-0.05, 0) is 36.4 Å². The first-order valence-corrected chi connectivity index (χ1v) is 17.6. The zero-order valence-electron chi connectivity index (χ0n) is 30.1. The SMILES string of the molecule is Nc1ccc(OCCOCCOCCOCCOCCOCCOCCOCCOCCOCCOCCOCCOc2ccccc2N)cc1. The minimum absolute atomic E-state index is 0.435. The summed E-state index contributed by atoms with van der Waals surface area (Å²) in [6, 6.07) is 14.6. The van der Waals surface area contributed by atoms with Crippen LogP contribution in [0.15, 0.2) is 48.5 Å². The molecule has 0 saturated heterocycles. The Morgan fingerprint density at radius 3 is 0.882 bits per heavy atom. The van der Waals surface area contributed by atoms with Crippen molar-refractivity contribution in [1.82, 2.24) is 0 Å². The van der Waals surface area contributed by atoms with E-state index >= 15 is 0 Å². The lowest BCUT2D eigenvalue weighted by Gasteiger charge is -2.10. The fourth-order valence-corrected chi connectivity index (χ4v) is 3.91. The second kappa shape index (κ2) is 34.3. The molecule has 0 heterocycles. The van der Waals surface area contributed by atoms with E-state index in [4.69, 9.17) is 73.0 Å². The summed E-state index contributed by atoms with van der Waals surface area (Å²) in [5.41, 5.74) is 12.8. The lowest BCUT2D eigenvalue weighted by atomic mass is 10.3. The first-order valence-electron chi connectivity index (χ1n) is 17.6. The zero-order valence-corrected chi connectivity index (χ0v) is 30.1. The Kier molecular flexibility index (Phi) is 29.8. The van der Waals surface area contributed by atoms with Crippen LogP contribution in [0.25, 0.3) is 0 Å². The average Bonchev–Trinajstić information content (AvgIpc) is 3.14. The van der Waals surface area contributed by atoms with Gasteiger partial charge in [-0.2, -0.15) is 0 Å². The number of benzene rings is 2. The van der Waals surface area contributed by atoms with E-state index in [0.717, 1.165) is 5.75 Å². The number of nitrogens with two attached hydrogens (primary N) is 2. The molecular weight excluding hydrogens is 668 g/mol. The minimum Gasteiger partial charge on any atom is -0.491 e. The van der Waals surface area contributed by atoms with Crippen LogP contribution in [0.2, 0.25) is 0 Å². The number of hydrogen-bond acceptors (Lipinski definition) is 15. The first kappa shape index (κ1) is 44.4. The number of rotatable bonds is 38. The van der Waals surface area contributed by atoms with Crippen molar-refractivity contribution in [3.8, 4) is 11.5 Å². The Balaban J connectivity index is 1.14. The van der Waals surface area contributed by atoms with E-state index < -0.39 is 0 Å². The zero-order chi connectivity index (χ0) is 36.1. The number of para-hydroxylation sites is 2. The number of anilines is 2. The summed E-state index contributed by atoms with van der Waals surface area (Å²) in [6.07, 6.45) is 0. The maximum Gasteiger partial charge on any atom is 0.142 e. The summed E-state index contributed by atoms with van der Waals surface area (Å²) in [7, 11) is 0. The highest BCUT2D eigenvalue weighted by Crippen LogP contribution is 2.19. The standard InChI is InChI=1S/C36H60N2O13/c37-33-5-7-34(8-6-33)50-31-29-48-27-25-46-23-21-44-19-17-42-15-13-40-11-9-39-10-12-41-14-16-43-18-20-45-22-24-47-26-28-49-30-32-51-36-4-2-1-3-35(36)38/h1-8H,9-32,37-38H2. The Bertz CT molecular complexity index is 1020. The molecule has 0 aromatic heterocycles. The molecule has 0 unspecified atom stereocenters. The van der Waals surface area contributed by atoms with E-state index in [2.05, 4.69) is 0 Å². The number of hydrogen-bond donors (Lipinski definition) is 2. The molecule has 0 saturated carbocycles. The van der Waals surface area contributed by atoms with Crippen molar-refractivity contribution in [3.05, 3.63) is 48.5 Å². The third kappa shape index (κ3) is 28.5. The van der Waals surface area contributed by atoms with Gasteiger partial charge in [-0.25, -0.2) is 0 Å². The van der Waals surface area contributed by atoms with E-state index in [1.807, 2.05) is 30.3 Å². The maximum atomic E-state index is 5.82. The Labute approximate surface area is 302 Å².